The van der Waals surface area contributed by atoms with E-state index in [0.29, 0.717) is 10.8 Å². The zero-order valence-corrected chi connectivity index (χ0v) is 8.56. The molecule has 0 amide bonds. The molecule has 70 valence electrons. The highest BCUT2D eigenvalue weighted by Gasteiger charge is 2.73. The Labute approximate surface area is 75.7 Å². The van der Waals surface area contributed by atoms with Gasteiger partial charge < -0.3 is 5.73 Å². The van der Waals surface area contributed by atoms with Crippen molar-refractivity contribution in [3.05, 3.63) is 0 Å². The summed E-state index contributed by atoms with van der Waals surface area (Å²) >= 11 is 0. The second-order valence-corrected chi connectivity index (χ2v) is 5.24. The van der Waals surface area contributed by atoms with Crippen LogP contribution in [0.5, 0.6) is 0 Å². The van der Waals surface area contributed by atoms with Crippen LogP contribution in [-0.4, -0.2) is 6.54 Å². The third kappa shape index (κ3) is 0.654. The molecule has 0 aromatic carbocycles. The summed E-state index contributed by atoms with van der Waals surface area (Å²) in [5.41, 5.74) is 6.97. The molecular weight excluding hydrogens is 146 g/mol. The highest BCUT2D eigenvalue weighted by atomic mass is 14.8. The van der Waals surface area contributed by atoms with Crippen LogP contribution in [0.3, 0.4) is 0 Å². The highest BCUT2D eigenvalue weighted by Crippen LogP contribution is 2.79. The van der Waals surface area contributed by atoms with E-state index in [1.807, 2.05) is 0 Å². The van der Waals surface area contributed by atoms with Crippen molar-refractivity contribution in [3.8, 4) is 0 Å². The van der Waals surface area contributed by atoms with Crippen molar-refractivity contribution >= 4 is 0 Å². The van der Waals surface area contributed by atoms with Crippen LogP contribution in [-0.2, 0) is 0 Å². The molecule has 0 heterocycles. The van der Waals surface area contributed by atoms with Crippen LogP contribution in [0.25, 0.3) is 0 Å². The molecule has 3 aliphatic carbocycles. The lowest BCUT2D eigenvalue weighted by atomic mass is 9.26. The van der Waals surface area contributed by atoms with Crippen molar-refractivity contribution in [2.45, 2.75) is 40.0 Å². The predicted molar refractivity (Wildman–Crippen MR) is 51.8 cm³/mol. The van der Waals surface area contributed by atoms with E-state index in [-0.39, 0.29) is 0 Å². The Kier molecular flexibility index (Phi) is 1.61. The minimum atomic E-state index is 0.638. The van der Waals surface area contributed by atoms with Gasteiger partial charge in [0.2, 0.25) is 0 Å². The average Bonchev–Trinajstić information content (AvgIpc) is 1.99. The van der Waals surface area contributed by atoms with E-state index in [9.17, 15) is 0 Å². The van der Waals surface area contributed by atoms with E-state index in [4.69, 9.17) is 5.73 Å². The molecule has 2 bridgehead atoms. The predicted octanol–water partition coefficient (Wildman–Crippen LogP) is 2.41. The summed E-state index contributed by atoms with van der Waals surface area (Å²) in [5, 5.41) is 0. The van der Waals surface area contributed by atoms with Gasteiger partial charge in [0, 0.05) is 0 Å². The molecule has 0 aliphatic heterocycles. The summed E-state index contributed by atoms with van der Waals surface area (Å²) in [6.45, 7) is 8.12. The van der Waals surface area contributed by atoms with E-state index < -0.39 is 0 Å². The van der Waals surface area contributed by atoms with Gasteiger partial charge in [-0.1, -0.05) is 27.2 Å². The van der Waals surface area contributed by atoms with Gasteiger partial charge in [-0.2, -0.15) is 0 Å². The molecular formula is C11H21N. The van der Waals surface area contributed by atoms with E-state index in [0.717, 1.165) is 18.4 Å². The summed E-state index contributed by atoms with van der Waals surface area (Å²) in [7, 11) is 0. The van der Waals surface area contributed by atoms with Crippen molar-refractivity contribution in [1.29, 1.82) is 0 Å². The maximum Gasteiger partial charge on any atom is -0.00719 e. The Morgan fingerprint density at radius 2 is 1.83 bits per heavy atom. The first-order chi connectivity index (χ1) is 5.59. The standard InChI is InChI=1S/C11H21N/c1-4-10(2)8-7-9(10)11(8,3)5-6-12/h8-9H,4-7,12H2,1-3H3/t8-,9-,10?,11?/m0/s1. The summed E-state index contributed by atoms with van der Waals surface area (Å²) in [4.78, 5) is 0. The van der Waals surface area contributed by atoms with Crippen LogP contribution in [0.2, 0.25) is 0 Å². The Morgan fingerprint density at radius 3 is 2.17 bits per heavy atom. The van der Waals surface area contributed by atoms with E-state index >= 15 is 0 Å². The summed E-state index contributed by atoms with van der Waals surface area (Å²) in [6, 6.07) is 0. The first-order valence-corrected chi connectivity index (χ1v) is 5.29. The number of hydrogen-bond acceptors (Lipinski definition) is 1. The lowest BCUT2D eigenvalue weighted by Crippen LogP contribution is -2.73. The third-order valence-corrected chi connectivity index (χ3v) is 5.10. The average molecular weight is 167 g/mol. The van der Waals surface area contributed by atoms with Crippen molar-refractivity contribution < 1.29 is 0 Å². The topological polar surface area (TPSA) is 26.0 Å². The number of hydrogen-bond donors (Lipinski definition) is 1. The molecule has 1 nitrogen and oxygen atoms in total. The first kappa shape index (κ1) is 8.55. The van der Waals surface area contributed by atoms with Crippen LogP contribution in [0.15, 0.2) is 0 Å². The molecule has 2 N–H and O–H groups in total. The SMILES string of the molecule is CCC1(C)[C@@H]2C[C@@H]1C2(C)CCN. The van der Waals surface area contributed by atoms with Crippen LogP contribution in [0.1, 0.15) is 40.0 Å². The van der Waals surface area contributed by atoms with Gasteiger partial charge in [-0.05, 0) is 42.1 Å². The molecule has 0 aromatic rings. The largest absolute Gasteiger partial charge is 0.330 e. The zero-order chi connectivity index (χ0) is 8.98. The number of rotatable bonds is 3. The van der Waals surface area contributed by atoms with E-state index in [1.165, 1.54) is 19.3 Å². The van der Waals surface area contributed by atoms with Crippen molar-refractivity contribution in [1.82, 2.24) is 0 Å². The molecule has 3 fully saturated rings. The Bertz CT molecular complexity index is 187. The molecule has 0 radical (unpaired) electrons. The first-order valence-electron chi connectivity index (χ1n) is 5.29. The second kappa shape index (κ2) is 2.25. The normalized spacial score (nSPS) is 56.0. The van der Waals surface area contributed by atoms with Crippen LogP contribution in [0.4, 0.5) is 0 Å². The van der Waals surface area contributed by atoms with Gasteiger partial charge in [0.1, 0.15) is 0 Å². The third-order valence-electron chi connectivity index (χ3n) is 5.10. The maximum absolute atomic E-state index is 5.64. The molecule has 0 unspecified atom stereocenters. The molecule has 0 aromatic heterocycles. The molecule has 1 heteroatoms. The van der Waals surface area contributed by atoms with Gasteiger partial charge >= 0.3 is 0 Å². The van der Waals surface area contributed by atoms with Crippen LogP contribution >= 0.6 is 0 Å². The molecule has 3 saturated carbocycles. The molecule has 12 heavy (non-hydrogen) atoms. The van der Waals surface area contributed by atoms with E-state index in [2.05, 4.69) is 20.8 Å². The van der Waals surface area contributed by atoms with Crippen LogP contribution in [0, 0.1) is 22.7 Å². The van der Waals surface area contributed by atoms with Gasteiger partial charge in [-0.15, -0.1) is 0 Å². The number of nitrogens with two attached hydrogens (primary N) is 1. The van der Waals surface area contributed by atoms with Gasteiger partial charge in [-0.3, -0.25) is 0 Å². The van der Waals surface area contributed by atoms with Gasteiger partial charge in [0.05, 0.1) is 0 Å². The Balaban J connectivity index is 2.04. The lowest BCUT2D eigenvalue weighted by Gasteiger charge is -2.79. The molecule has 0 saturated heterocycles. The van der Waals surface area contributed by atoms with Crippen molar-refractivity contribution in [3.63, 3.8) is 0 Å². The monoisotopic (exact) mass is 167 g/mol. The quantitative estimate of drug-likeness (QED) is 0.686. The van der Waals surface area contributed by atoms with E-state index in [1.54, 1.807) is 0 Å². The molecule has 3 rings (SSSR count). The van der Waals surface area contributed by atoms with Crippen molar-refractivity contribution in [2.75, 3.05) is 6.54 Å². The molecule has 0 spiro atoms. The van der Waals surface area contributed by atoms with Gasteiger partial charge in [0.25, 0.3) is 0 Å². The smallest absolute Gasteiger partial charge is 0.00719 e. The molecule has 2 atom stereocenters. The summed E-state index contributed by atoms with van der Waals surface area (Å²) in [5.74, 6) is 1.98. The minimum Gasteiger partial charge on any atom is -0.330 e. The molecule has 3 aliphatic rings. The Hall–Kier alpha value is -0.0400. The van der Waals surface area contributed by atoms with Gasteiger partial charge in [-0.25, -0.2) is 0 Å². The fourth-order valence-electron chi connectivity index (χ4n) is 4.04. The highest BCUT2D eigenvalue weighted by molar-refractivity contribution is 5.21. The van der Waals surface area contributed by atoms with Gasteiger partial charge in [0.15, 0.2) is 0 Å². The van der Waals surface area contributed by atoms with Crippen LogP contribution < -0.4 is 5.73 Å². The second-order valence-electron chi connectivity index (χ2n) is 5.24. The maximum atomic E-state index is 5.64. The fraction of sp³-hybridized carbons (Fsp3) is 1.00. The minimum absolute atomic E-state index is 0.638. The lowest BCUT2D eigenvalue weighted by molar-refractivity contribution is -0.304. The van der Waals surface area contributed by atoms with Crippen molar-refractivity contribution in [2.24, 2.45) is 28.4 Å². The zero-order valence-electron chi connectivity index (χ0n) is 8.56. The summed E-state index contributed by atoms with van der Waals surface area (Å²) in [6.07, 6.45) is 4.10. The Morgan fingerprint density at radius 1 is 1.25 bits per heavy atom. The summed E-state index contributed by atoms with van der Waals surface area (Å²) < 4.78 is 0. The fourth-order valence-corrected chi connectivity index (χ4v) is 4.04.